The van der Waals surface area contributed by atoms with Crippen molar-refractivity contribution in [2.75, 3.05) is 17.2 Å². The van der Waals surface area contributed by atoms with E-state index < -0.39 is 5.95 Å². The number of hydrogen-bond donors (Lipinski definition) is 1. The Labute approximate surface area is 229 Å². The first kappa shape index (κ1) is 26.9. The van der Waals surface area contributed by atoms with E-state index in [1.807, 2.05) is 37.7 Å². The van der Waals surface area contributed by atoms with Crippen LogP contribution in [0.5, 0.6) is 0 Å². The zero-order valence-electron chi connectivity index (χ0n) is 22.0. The Kier molecular flexibility index (Phi) is 7.97. The Balaban J connectivity index is 1.51. The fourth-order valence-electron chi connectivity index (χ4n) is 4.94. The van der Waals surface area contributed by atoms with Crippen molar-refractivity contribution in [3.63, 3.8) is 0 Å². The van der Waals surface area contributed by atoms with Crippen molar-refractivity contribution in [1.29, 1.82) is 0 Å². The molecule has 5 heterocycles. The molecular formula is C28H31FN6O3S. The van der Waals surface area contributed by atoms with Crippen LogP contribution in [0.25, 0.3) is 22.3 Å². The molecule has 9 nitrogen and oxygen atoms in total. The Hall–Kier alpha value is -3.73. The molecule has 4 aromatic heterocycles. The number of aromatic nitrogens is 5. The van der Waals surface area contributed by atoms with Gasteiger partial charge in [-0.3, -0.25) is 23.6 Å². The Bertz CT molecular complexity index is 1590. The Morgan fingerprint density at radius 2 is 1.90 bits per heavy atom. The number of amides is 1. The van der Waals surface area contributed by atoms with Crippen LogP contribution < -0.4 is 16.1 Å². The fourth-order valence-corrected chi connectivity index (χ4v) is 6.20. The summed E-state index contributed by atoms with van der Waals surface area (Å²) in [6, 6.07) is 8.02. The molecule has 204 valence electrons. The second-order valence-electron chi connectivity index (χ2n) is 9.66. The number of aryl methyl sites for hydroxylation is 1. The molecule has 0 spiro atoms. The van der Waals surface area contributed by atoms with Gasteiger partial charge in [-0.25, -0.2) is 14.8 Å². The minimum absolute atomic E-state index is 0.290. The highest BCUT2D eigenvalue weighted by molar-refractivity contribution is 8.00. The predicted octanol–water partition coefficient (Wildman–Crippen LogP) is 4.45. The number of aromatic amines is 1. The zero-order chi connectivity index (χ0) is 27.5. The minimum Gasteiger partial charge on any atom is -0.349 e. The highest BCUT2D eigenvalue weighted by atomic mass is 32.2. The normalized spacial score (nSPS) is 15.2. The van der Waals surface area contributed by atoms with Crippen LogP contribution in [0.2, 0.25) is 0 Å². The first-order valence-corrected chi connectivity index (χ1v) is 14.3. The molecular weight excluding hydrogens is 519 g/mol. The lowest BCUT2D eigenvalue weighted by molar-refractivity contribution is 0.0985. The molecule has 1 aliphatic rings. The van der Waals surface area contributed by atoms with Crippen molar-refractivity contribution >= 4 is 34.5 Å². The first-order valence-electron chi connectivity index (χ1n) is 13.3. The molecule has 1 fully saturated rings. The lowest BCUT2D eigenvalue weighted by Crippen LogP contribution is -2.39. The summed E-state index contributed by atoms with van der Waals surface area (Å²) in [4.78, 5) is 52.6. The summed E-state index contributed by atoms with van der Waals surface area (Å²) in [7, 11) is 0. The molecule has 1 saturated heterocycles. The number of fused-ring (bicyclic) bond motifs is 1. The largest absolute Gasteiger partial charge is 0.349 e. The van der Waals surface area contributed by atoms with E-state index >= 15 is 0 Å². The van der Waals surface area contributed by atoms with Crippen molar-refractivity contribution < 1.29 is 9.18 Å². The number of thioether (sulfide) groups is 1. The van der Waals surface area contributed by atoms with Crippen LogP contribution in [0.15, 0.2) is 52.3 Å². The van der Waals surface area contributed by atoms with E-state index in [1.165, 1.54) is 22.9 Å². The van der Waals surface area contributed by atoms with Gasteiger partial charge in [0, 0.05) is 48.5 Å². The Morgan fingerprint density at radius 3 is 2.54 bits per heavy atom. The molecule has 1 atom stereocenters. The quantitative estimate of drug-likeness (QED) is 0.309. The minimum atomic E-state index is -0.643. The van der Waals surface area contributed by atoms with Crippen LogP contribution in [-0.2, 0) is 13.1 Å². The summed E-state index contributed by atoms with van der Waals surface area (Å²) >= 11 is 1.83. The van der Waals surface area contributed by atoms with Crippen LogP contribution in [0.1, 0.15) is 49.9 Å². The van der Waals surface area contributed by atoms with Gasteiger partial charge < -0.3 is 4.98 Å². The topological polar surface area (TPSA) is 106 Å². The summed E-state index contributed by atoms with van der Waals surface area (Å²) in [5.41, 5.74) is 1.98. The lowest BCUT2D eigenvalue weighted by atomic mass is 10.2. The predicted molar refractivity (Wildman–Crippen MR) is 152 cm³/mol. The van der Waals surface area contributed by atoms with Crippen molar-refractivity contribution in [2.24, 2.45) is 0 Å². The zero-order valence-corrected chi connectivity index (χ0v) is 22.8. The summed E-state index contributed by atoms with van der Waals surface area (Å²) in [5.74, 6) is 0.600. The van der Waals surface area contributed by atoms with Gasteiger partial charge in [-0.2, -0.15) is 16.2 Å². The maximum atomic E-state index is 13.4. The van der Waals surface area contributed by atoms with Crippen molar-refractivity contribution in [3.8, 4) is 11.3 Å². The molecule has 1 amide bonds. The molecule has 5 rings (SSSR count). The van der Waals surface area contributed by atoms with E-state index in [-0.39, 0.29) is 28.0 Å². The van der Waals surface area contributed by atoms with E-state index in [1.54, 1.807) is 21.7 Å². The third-order valence-electron chi connectivity index (χ3n) is 6.87. The van der Waals surface area contributed by atoms with Crippen molar-refractivity contribution in [2.45, 2.75) is 57.9 Å². The highest BCUT2D eigenvalue weighted by Crippen LogP contribution is 2.30. The van der Waals surface area contributed by atoms with Gasteiger partial charge in [0.05, 0.1) is 11.1 Å². The number of carbonyl (C=O) groups is 1. The number of halogens is 1. The monoisotopic (exact) mass is 550 g/mol. The lowest BCUT2D eigenvalue weighted by Gasteiger charge is -2.24. The van der Waals surface area contributed by atoms with Crippen molar-refractivity contribution in [1.82, 2.24) is 24.1 Å². The fraction of sp³-hybridized carbons (Fsp3) is 0.393. The number of H-pyrrole nitrogens is 1. The van der Waals surface area contributed by atoms with Gasteiger partial charge in [-0.15, -0.1) is 0 Å². The van der Waals surface area contributed by atoms with Crippen LogP contribution in [-0.4, -0.2) is 47.5 Å². The van der Waals surface area contributed by atoms with Crippen LogP contribution in [0.4, 0.5) is 10.2 Å². The number of rotatable bonds is 9. The van der Waals surface area contributed by atoms with E-state index in [0.717, 1.165) is 30.6 Å². The van der Waals surface area contributed by atoms with E-state index in [9.17, 15) is 18.8 Å². The van der Waals surface area contributed by atoms with Crippen LogP contribution in [0.3, 0.4) is 0 Å². The molecule has 0 aliphatic carbocycles. The third kappa shape index (κ3) is 5.40. The van der Waals surface area contributed by atoms with E-state index in [2.05, 4.69) is 15.0 Å². The smallest absolute Gasteiger partial charge is 0.331 e. The van der Waals surface area contributed by atoms with Gasteiger partial charge in [0.1, 0.15) is 11.3 Å². The molecule has 0 radical (unpaired) electrons. The van der Waals surface area contributed by atoms with Crippen LogP contribution >= 0.6 is 11.8 Å². The second-order valence-corrected chi connectivity index (χ2v) is 11.1. The van der Waals surface area contributed by atoms with Gasteiger partial charge in [0.25, 0.3) is 11.5 Å². The molecule has 1 aliphatic heterocycles. The van der Waals surface area contributed by atoms with Gasteiger partial charge in [0.15, 0.2) is 0 Å². The number of carbonyl (C=O) groups excluding carboxylic acids is 1. The maximum Gasteiger partial charge on any atom is 0.331 e. The molecule has 0 aromatic carbocycles. The molecule has 11 heteroatoms. The molecule has 0 bridgehead atoms. The third-order valence-corrected chi connectivity index (χ3v) is 8.25. The number of anilines is 1. The average Bonchev–Trinajstić information content (AvgIpc) is 3.63. The number of hydrogen-bond acceptors (Lipinski definition) is 6. The average molecular weight is 551 g/mol. The SMILES string of the molecule is CCCn1c(=O)c2[nH]c(-c3ccc(N(CC4CCCS4)C(=O)c4ccc(F)nc4)nc3)cc2n(CCC)c1=O. The first-order chi connectivity index (χ1) is 18.9. The highest BCUT2D eigenvalue weighted by Gasteiger charge is 2.26. The van der Waals surface area contributed by atoms with Crippen LogP contribution in [0, 0.1) is 5.95 Å². The van der Waals surface area contributed by atoms with Gasteiger partial charge in [-0.05, 0) is 61.8 Å². The summed E-state index contributed by atoms with van der Waals surface area (Å²) in [6.45, 7) is 5.26. The molecule has 39 heavy (non-hydrogen) atoms. The maximum absolute atomic E-state index is 13.4. The summed E-state index contributed by atoms with van der Waals surface area (Å²) in [6.07, 6.45) is 6.44. The van der Waals surface area contributed by atoms with Gasteiger partial charge >= 0.3 is 5.69 Å². The molecule has 4 aromatic rings. The standard InChI is InChI=1S/C28H31FN6O3S/c1-3-11-33-22-14-21(32-25(22)27(37)34(12-4-2)28(33)38)18-8-10-24(31-15-18)35(17-20-6-5-13-39-20)26(36)19-7-9-23(29)30-16-19/h7-10,14-16,20,32H,3-6,11-13,17H2,1-2H3. The molecule has 0 saturated carbocycles. The molecule has 1 unspecified atom stereocenters. The summed E-state index contributed by atoms with van der Waals surface area (Å²) < 4.78 is 16.3. The Morgan fingerprint density at radius 1 is 1.10 bits per heavy atom. The number of nitrogens with zero attached hydrogens (tertiary/aromatic N) is 5. The summed E-state index contributed by atoms with van der Waals surface area (Å²) in [5, 5.41) is 0.290. The second kappa shape index (κ2) is 11.6. The van der Waals surface area contributed by atoms with E-state index in [4.69, 9.17) is 0 Å². The van der Waals surface area contributed by atoms with E-state index in [0.29, 0.717) is 48.6 Å². The van der Waals surface area contributed by atoms with Gasteiger partial charge in [-0.1, -0.05) is 13.8 Å². The van der Waals surface area contributed by atoms with Gasteiger partial charge in [0.2, 0.25) is 5.95 Å². The number of pyridine rings is 2. The van der Waals surface area contributed by atoms with Crippen molar-refractivity contribution in [3.05, 3.63) is 75.1 Å². The number of nitrogens with one attached hydrogen (secondary N) is 1. The molecule has 1 N–H and O–H groups in total.